The first-order valence-corrected chi connectivity index (χ1v) is 7.43. The molecule has 1 atom stereocenters. The van der Waals surface area contributed by atoms with Gasteiger partial charge in [-0.2, -0.15) is 0 Å². The van der Waals surface area contributed by atoms with E-state index in [-0.39, 0.29) is 10.6 Å². The number of likely N-dealkylation sites (N-methyl/N-ethyl adjacent to an activating group) is 1. The number of hydrogen-bond donors (Lipinski definition) is 2. The minimum absolute atomic E-state index is 0.0380. The Morgan fingerprint density at radius 3 is 2.82 bits per heavy atom. The van der Waals surface area contributed by atoms with Crippen molar-refractivity contribution in [1.82, 2.24) is 9.88 Å². The van der Waals surface area contributed by atoms with Gasteiger partial charge in [0.2, 0.25) is 0 Å². The lowest BCUT2D eigenvalue weighted by atomic mass is 10.2. The molecule has 1 saturated heterocycles. The number of aromatic nitrogens is 1. The van der Waals surface area contributed by atoms with Gasteiger partial charge in [0.25, 0.3) is 0 Å². The summed E-state index contributed by atoms with van der Waals surface area (Å²) >= 11 is 6.07. The third-order valence-corrected chi connectivity index (χ3v) is 3.77. The minimum atomic E-state index is -1.07. The van der Waals surface area contributed by atoms with Crippen molar-refractivity contribution in [1.29, 1.82) is 0 Å². The van der Waals surface area contributed by atoms with E-state index >= 15 is 0 Å². The fourth-order valence-corrected chi connectivity index (χ4v) is 2.68. The van der Waals surface area contributed by atoms with E-state index in [9.17, 15) is 9.90 Å². The van der Waals surface area contributed by atoms with E-state index in [1.54, 1.807) is 11.9 Å². The lowest BCUT2D eigenvalue weighted by Crippen LogP contribution is -2.44. The van der Waals surface area contributed by atoms with Crippen molar-refractivity contribution in [3.8, 4) is 0 Å². The summed E-state index contributed by atoms with van der Waals surface area (Å²) in [6, 6.07) is 1.36. The Morgan fingerprint density at radius 1 is 1.55 bits per heavy atom. The van der Waals surface area contributed by atoms with Gasteiger partial charge >= 0.3 is 5.97 Å². The first-order valence-electron chi connectivity index (χ1n) is 7.05. The number of rotatable bonds is 6. The summed E-state index contributed by atoms with van der Waals surface area (Å²) < 4.78 is 5.27. The molecular formula is C14H20ClN3O4. The molecule has 7 nitrogen and oxygen atoms in total. The van der Waals surface area contributed by atoms with Crippen LogP contribution in [0.3, 0.4) is 0 Å². The first kappa shape index (κ1) is 17.0. The maximum Gasteiger partial charge on any atom is 0.337 e. The number of pyridine rings is 1. The van der Waals surface area contributed by atoms with Crippen LogP contribution in [0.25, 0.3) is 0 Å². The van der Waals surface area contributed by atoms with E-state index in [2.05, 4.69) is 9.88 Å². The highest BCUT2D eigenvalue weighted by Crippen LogP contribution is 2.23. The molecule has 0 radical (unpaired) electrons. The zero-order valence-electron chi connectivity index (χ0n) is 12.4. The second-order valence-electron chi connectivity index (χ2n) is 5.28. The molecule has 0 bridgehead atoms. The number of aliphatic hydroxyl groups excluding tert-OH is 1. The van der Waals surface area contributed by atoms with Gasteiger partial charge in [-0.15, -0.1) is 0 Å². The smallest absolute Gasteiger partial charge is 0.337 e. The van der Waals surface area contributed by atoms with Crippen molar-refractivity contribution in [3.63, 3.8) is 0 Å². The molecule has 0 amide bonds. The van der Waals surface area contributed by atoms with Crippen LogP contribution in [0, 0.1) is 0 Å². The standard InChI is InChI=1S/C14H20ClN3O4/c1-17(8-11(19)9-18-2-4-22-5-3-18)13-12(15)6-10(7-16-13)14(20)21/h6-7,11,19H,2-5,8-9H2,1H3,(H,20,21). The Labute approximate surface area is 134 Å². The molecule has 22 heavy (non-hydrogen) atoms. The summed E-state index contributed by atoms with van der Waals surface area (Å²) in [5.41, 5.74) is 0.0380. The molecule has 0 spiro atoms. The summed E-state index contributed by atoms with van der Waals surface area (Å²) in [4.78, 5) is 18.8. The number of carboxylic acids is 1. The molecule has 1 aromatic rings. The Kier molecular flexibility index (Phi) is 5.96. The highest BCUT2D eigenvalue weighted by molar-refractivity contribution is 6.33. The van der Waals surface area contributed by atoms with Crippen LogP contribution in [-0.4, -0.2) is 78.6 Å². The largest absolute Gasteiger partial charge is 0.478 e. The summed E-state index contributed by atoms with van der Waals surface area (Å²) in [5, 5.41) is 19.3. The number of halogens is 1. The average molecular weight is 330 g/mol. The van der Waals surface area contributed by atoms with Crippen LogP contribution >= 0.6 is 11.6 Å². The fourth-order valence-electron chi connectivity index (χ4n) is 2.37. The van der Waals surface area contributed by atoms with Crippen molar-refractivity contribution in [2.45, 2.75) is 6.10 Å². The van der Waals surface area contributed by atoms with E-state index in [0.29, 0.717) is 32.1 Å². The highest BCUT2D eigenvalue weighted by Gasteiger charge is 2.18. The number of aliphatic hydroxyl groups is 1. The number of anilines is 1. The van der Waals surface area contributed by atoms with E-state index in [1.807, 2.05) is 0 Å². The lowest BCUT2D eigenvalue weighted by Gasteiger charge is -2.30. The van der Waals surface area contributed by atoms with Crippen molar-refractivity contribution in [2.75, 3.05) is 51.3 Å². The number of hydrogen-bond acceptors (Lipinski definition) is 6. The predicted octanol–water partition coefficient (Wildman–Crippen LogP) is 0.563. The maximum atomic E-state index is 10.9. The summed E-state index contributed by atoms with van der Waals surface area (Å²) in [5.74, 6) is -0.622. The highest BCUT2D eigenvalue weighted by atomic mass is 35.5. The Morgan fingerprint density at radius 2 is 2.23 bits per heavy atom. The van der Waals surface area contributed by atoms with Gasteiger partial charge in [0.05, 0.1) is 29.9 Å². The van der Waals surface area contributed by atoms with Gasteiger partial charge in [0.1, 0.15) is 5.82 Å². The van der Waals surface area contributed by atoms with E-state index in [1.165, 1.54) is 12.3 Å². The van der Waals surface area contributed by atoms with Gasteiger partial charge in [-0.1, -0.05) is 11.6 Å². The summed E-state index contributed by atoms with van der Waals surface area (Å²) in [7, 11) is 1.76. The van der Waals surface area contributed by atoms with Crippen LogP contribution < -0.4 is 4.90 Å². The lowest BCUT2D eigenvalue weighted by molar-refractivity contribution is 0.0162. The molecule has 1 aliphatic heterocycles. The zero-order chi connectivity index (χ0) is 16.1. The number of carboxylic acid groups (broad SMARTS) is 1. The number of morpholine rings is 1. The Bertz CT molecular complexity index is 523. The van der Waals surface area contributed by atoms with Crippen molar-refractivity contribution >= 4 is 23.4 Å². The molecule has 0 aliphatic carbocycles. The Hall–Kier alpha value is -1.41. The van der Waals surface area contributed by atoms with Gasteiger partial charge in [0, 0.05) is 39.4 Å². The third-order valence-electron chi connectivity index (χ3n) is 3.49. The molecule has 1 fully saturated rings. The van der Waals surface area contributed by atoms with E-state index in [4.69, 9.17) is 21.4 Å². The second kappa shape index (κ2) is 7.73. The van der Waals surface area contributed by atoms with Gasteiger partial charge < -0.3 is 19.8 Å². The van der Waals surface area contributed by atoms with Crippen molar-refractivity contribution < 1.29 is 19.7 Å². The second-order valence-corrected chi connectivity index (χ2v) is 5.69. The number of carbonyl (C=O) groups is 1. The number of aromatic carboxylic acids is 1. The SMILES string of the molecule is CN(CC(O)CN1CCOCC1)c1ncc(C(=O)O)cc1Cl. The molecule has 0 aromatic carbocycles. The molecule has 1 unspecified atom stereocenters. The van der Waals surface area contributed by atoms with Crippen LogP contribution in [0.1, 0.15) is 10.4 Å². The van der Waals surface area contributed by atoms with Gasteiger partial charge in [-0.25, -0.2) is 9.78 Å². The summed E-state index contributed by atoms with van der Waals surface area (Å²) in [6.07, 6.45) is 0.703. The maximum absolute atomic E-state index is 10.9. The van der Waals surface area contributed by atoms with Crippen LogP contribution in [-0.2, 0) is 4.74 Å². The monoisotopic (exact) mass is 329 g/mol. The normalized spacial score (nSPS) is 17.2. The Balaban J connectivity index is 1.93. The molecule has 2 N–H and O–H groups in total. The van der Waals surface area contributed by atoms with Crippen LogP contribution in [0.15, 0.2) is 12.3 Å². The van der Waals surface area contributed by atoms with Crippen LogP contribution in [0.5, 0.6) is 0 Å². The van der Waals surface area contributed by atoms with Crippen LogP contribution in [0.4, 0.5) is 5.82 Å². The zero-order valence-corrected chi connectivity index (χ0v) is 13.2. The molecule has 122 valence electrons. The molecule has 1 aromatic heterocycles. The molecule has 2 rings (SSSR count). The molecule has 0 saturated carbocycles. The average Bonchev–Trinajstić information content (AvgIpc) is 2.47. The van der Waals surface area contributed by atoms with Gasteiger partial charge in [-0.3, -0.25) is 4.90 Å². The van der Waals surface area contributed by atoms with E-state index < -0.39 is 12.1 Å². The minimum Gasteiger partial charge on any atom is -0.478 e. The third kappa shape index (κ3) is 4.54. The quantitative estimate of drug-likeness (QED) is 0.788. The molecular weight excluding hydrogens is 310 g/mol. The van der Waals surface area contributed by atoms with Crippen LogP contribution in [0.2, 0.25) is 5.02 Å². The van der Waals surface area contributed by atoms with Crippen molar-refractivity contribution in [3.05, 3.63) is 22.8 Å². The van der Waals surface area contributed by atoms with Crippen molar-refractivity contribution in [2.24, 2.45) is 0 Å². The number of ether oxygens (including phenoxy) is 1. The van der Waals surface area contributed by atoms with E-state index in [0.717, 1.165) is 13.1 Å². The van der Waals surface area contributed by atoms with Gasteiger partial charge in [0.15, 0.2) is 0 Å². The molecule has 2 heterocycles. The fraction of sp³-hybridized carbons (Fsp3) is 0.571. The molecule has 8 heteroatoms. The first-order chi connectivity index (χ1) is 10.5. The van der Waals surface area contributed by atoms with Gasteiger partial charge in [-0.05, 0) is 6.07 Å². The summed E-state index contributed by atoms with van der Waals surface area (Å²) in [6.45, 7) is 3.91. The number of β-amino-alcohol motifs (C(OH)–C–C–N with tert-alkyl or cyclic N) is 1. The number of nitrogens with zero attached hydrogens (tertiary/aromatic N) is 3. The topological polar surface area (TPSA) is 86.1 Å². The predicted molar refractivity (Wildman–Crippen MR) is 82.7 cm³/mol. The molecule has 1 aliphatic rings.